The van der Waals surface area contributed by atoms with E-state index in [1.54, 1.807) is 19.9 Å². The van der Waals surface area contributed by atoms with Crippen LogP contribution in [0.1, 0.15) is 24.8 Å². The van der Waals surface area contributed by atoms with Crippen molar-refractivity contribution in [2.45, 2.75) is 26.7 Å². The molecule has 2 aromatic rings. The van der Waals surface area contributed by atoms with E-state index >= 15 is 0 Å². The van der Waals surface area contributed by atoms with Crippen molar-refractivity contribution in [1.82, 2.24) is 15.1 Å². The molecule has 0 spiro atoms. The second kappa shape index (κ2) is 7.43. The number of ether oxygens (including phenoxy) is 1. The summed E-state index contributed by atoms with van der Waals surface area (Å²) in [4.78, 5) is 36.0. The number of esters is 1. The Bertz CT molecular complexity index is 713. The number of hydrogen-bond donors (Lipinski definition) is 0. The van der Waals surface area contributed by atoms with Crippen LogP contribution in [0.25, 0.3) is 11.5 Å². The monoisotopic (exact) mass is 321 g/mol. The molecule has 0 aliphatic rings. The minimum absolute atomic E-state index is 0.166. The van der Waals surface area contributed by atoms with Gasteiger partial charge < -0.3 is 9.26 Å². The van der Waals surface area contributed by atoms with Gasteiger partial charge in [-0.25, -0.2) is 9.82 Å². The molecule has 2 rings (SSSR count). The zero-order chi connectivity index (χ0) is 16.8. The van der Waals surface area contributed by atoms with Crippen molar-refractivity contribution in [2.75, 3.05) is 13.7 Å². The normalized spacial score (nSPS) is 10.4. The molecule has 0 bridgehead atoms. The van der Waals surface area contributed by atoms with Gasteiger partial charge in [-0.3, -0.25) is 4.79 Å². The van der Waals surface area contributed by atoms with Crippen LogP contribution in [-0.4, -0.2) is 39.7 Å². The Labute approximate surface area is 132 Å². The maximum atomic E-state index is 11.4. The van der Waals surface area contributed by atoms with Gasteiger partial charge >= 0.3 is 11.7 Å². The van der Waals surface area contributed by atoms with E-state index in [0.717, 1.165) is 0 Å². The summed E-state index contributed by atoms with van der Waals surface area (Å²) in [6.07, 6.45) is 1.81. The van der Waals surface area contributed by atoms with Crippen LogP contribution >= 0.6 is 0 Å². The van der Waals surface area contributed by atoms with Crippen LogP contribution in [0.3, 0.4) is 0 Å². The molecule has 0 atom stereocenters. The van der Waals surface area contributed by atoms with E-state index < -0.39 is 0 Å². The third kappa shape index (κ3) is 4.09. The number of rotatable bonds is 7. The molecule has 122 valence electrons. The first-order valence-electron chi connectivity index (χ1n) is 7.01. The van der Waals surface area contributed by atoms with Gasteiger partial charge in [-0.2, -0.15) is 4.98 Å². The molecule has 0 amide bonds. The summed E-state index contributed by atoms with van der Waals surface area (Å²) in [7, 11) is 1.27. The van der Waals surface area contributed by atoms with Gasteiger partial charge in [-0.1, -0.05) is 5.16 Å². The summed E-state index contributed by atoms with van der Waals surface area (Å²) in [6, 6.07) is 1.60. The van der Waals surface area contributed by atoms with Gasteiger partial charge in [0.2, 0.25) is 11.7 Å². The smallest absolute Gasteiger partial charge is 0.335 e. The third-order valence-electron chi connectivity index (χ3n) is 2.97. The van der Waals surface area contributed by atoms with Crippen LogP contribution in [0.2, 0.25) is 0 Å². The minimum atomic E-state index is -0.319. The number of aromatic nitrogens is 3. The highest BCUT2D eigenvalue weighted by atomic mass is 16.8. The fraction of sp³-hybridized carbons (Fsp3) is 0.429. The average molecular weight is 321 g/mol. The van der Waals surface area contributed by atoms with Crippen LogP contribution in [0.5, 0.6) is 0 Å². The first kappa shape index (κ1) is 16.5. The van der Waals surface area contributed by atoms with Gasteiger partial charge in [0.05, 0.1) is 17.9 Å². The van der Waals surface area contributed by atoms with E-state index in [2.05, 4.69) is 20.0 Å². The zero-order valence-electron chi connectivity index (χ0n) is 13.1. The molecule has 0 N–H and O–H groups in total. The summed E-state index contributed by atoms with van der Waals surface area (Å²) in [5, 5.41) is 3.84. The molecular formula is C14H17N4O5+. The molecule has 0 radical (unpaired) electrons. The van der Waals surface area contributed by atoms with Crippen LogP contribution in [0, 0.1) is 11.8 Å². The van der Waals surface area contributed by atoms with Crippen molar-refractivity contribution in [3.63, 3.8) is 0 Å². The average Bonchev–Trinajstić information content (AvgIpc) is 3.01. The second-order valence-corrected chi connectivity index (χ2v) is 4.62. The van der Waals surface area contributed by atoms with Crippen molar-refractivity contribution in [3.8, 4) is 11.5 Å². The topological polar surface area (TPSA) is 107 Å². The van der Waals surface area contributed by atoms with Gasteiger partial charge in [-0.15, -0.1) is 0 Å². The van der Waals surface area contributed by atoms with E-state index in [0.29, 0.717) is 40.9 Å². The van der Waals surface area contributed by atoms with Gasteiger partial charge in [0.1, 0.15) is 11.9 Å². The summed E-state index contributed by atoms with van der Waals surface area (Å²) in [5.41, 5.74) is 1.45. The number of carbonyl (C=O) groups excluding carboxylic acids is 1. The molecule has 0 aliphatic carbocycles. The van der Waals surface area contributed by atoms with Crippen molar-refractivity contribution in [3.05, 3.63) is 28.6 Å². The van der Waals surface area contributed by atoms with Gasteiger partial charge in [0, 0.05) is 12.5 Å². The Kier molecular flexibility index (Phi) is 5.34. The molecule has 0 saturated carbocycles. The fourth-order valence-electron chi connectivity index (χ4n) is 1.89. The fourth-order valence-corrected chi connectivity index (χ4v) is 1.89. The Hall–Kier alpha value is -2.84. The van der Waals surface area contributed by atoms with E-state index in [4.69, 9.17) is 9.26 Å². The molecule has 0 aliphatic heterocycles. The molecule has 0 aromatic carbocycles. The van der Waals surface area contributed by atoms with Gasteiger partial charge in [0.15, 0.2) is 7.11 Å². The maximum absolute atomic E-state index is 11.4. The quantitative estimate of drug-likeness (QED) is 0.562. The summed E-state index contributed by atoms with van der Waals surface area (Å²) < 4.78 is 9.93. The highest BCUT2D eigenvalue weighted by Crippen LogP contribution is 2.22. The predicted octanol–water partition coefficient (Wildman–Crippen LogP) is 1.91. The maximum Gasteiger partial charge on any atom is 0.335 e. The molecule has 2 aromatic heterocycles. The van der Waals surface area contributed by atoms with E-state index in [1.807, 2.05) is 0 Å². The van der Waals surface area contributed by atoms with Gasteiger partial charge in [-0.05, 0) is 19.4 Å². The molecule has 9 heteroatoms. The number of nitrogens with zero attached hydrogens (tertiary/aromatic N) is 4. The number of carbonyl (C=O) groups is 1. The van der Waals surface area contributed by atoms with E-state index in [9.17, 15) is 9.70 Å². The summed E-state index contributed by atoms with van der Waals surface area (Å²) in [5.74, 6) is 0.296. The molecular weight excluding hydrogens is 304 g/mol. The Morgan fingerprint density at radius 1 is 1.43 bits per heavy atom. The first-order chi connectivity index (χ1) is 11.0. The van der Waals surface area contributed by atoms with Crippen molar-refractivity contribution in [2.24, 2.45) is 0 Å². The summed E-state index contributed by atoms with van der Waals surface area (Å²) in [6.45, 7) is 3.85. The molecule has 2 heterocycles. The Morgan fingerprint density at radius 2 is 2.22 bits per heavy atom. The third-order valence-corrected chi connectivity index (χ3v) is 2.97. The highest BCUT2D eigenvalue weighted by Gasteiger charge is 2.19. The van der Waals surface area contributed by atoms with Crippen molar-refractivity contribution in [1.29, 1.82) is 0 Å². The second-order valence-electron chi connectivity index (χ2n) is 4.62. The van der Waals surface area contributed by atoms with Crippen molar-refractivity contribution >= 4 is 11.7 Å². The Morgan fingerprint density at radius 3 is 2.87 bits per heavy atom. The van der Waals surface area contributed by atoms with Crippen LogP contribution in [0.15, 0.2) is 16.8 Å². The molecule has 9 nitrogen and oxygen atoms in total. The minimum Gasteiger partial charge on any atom is -0.466 e. The Balaban J connectivity index is 2.11. The van der Waals surface area contributed by atoms with Crippen LogP contribution in [0.4, 0.5) is 5.69 Å². The van der Waals surface area contributed by atoms with Crippen LogP contribution < -0.4 is 0 Å². The van der Waals surface area contributed by atoms with Crippen LogP contribution in [-0.2, 0) is 20.8 Å². The highest BCUT2D eigenvalue weighted by molar-refractivity contribution is 5.69. The predicted molar refractivity (Wildman–Crippen MR) is 77.5 cm³/mol. The number of pyridine rings is 1. The number of aryl methyl sites for hydroxylation is 2. The SMILES string of the molecule is CCOC(=O)CCc1nc(-c2ncc([N+](=O)OC)cc2C)no1. The molecule has 23 heavy (non-hydrogen) atoms. The molecule has 0 saturated heterocycles. The van der Waals surface area contributed by atoms with Crippen molar-refractivity contribution < 1.29 is 23.8 Å². The van der Waals surface area contributed by atoms with E-state index in [-0.39, 0.29) is 18.1 Å². The molecule has 0 unspecified atom stereocenters. The number of hydrogen-bond acceptors (Lipinski definition) is 8. The summed E-state index contributed by atoms with van der Waals surface area (Å²) >= 11 is 0. The zero-order valence-corrected chi connectivity index (χ0v) is 13.1. The molecule has 0 fully saturated rings. The lowest BCUT2D eigenvalue weighted by atomic mass is 10.2. The lowest BCUT2D eigenvalue weighted by Gasteiger charge is -1.98. The van der Waals surface area contributed by atoms with E-state index in [1.165, 1.54) is 13.3 Å². The standard InChI is InChI=1S/C14H17N4O5/c1-4-22-12(19)6-5-11-16-14(17-23-11)13-9(2)7-10(8-15-13)18(20)21-3/h7-8H,4-6H2,1-3H3/q+1. The lowest BCUT2D eigenvalue weighted by Crippen LogP contribution is -2.05. The largest absolute Gasteiger partial charge is 0.466 e. The lowest BCUT2D eigenvalue weighted by molar-refractivity contribution is -0.736. The first-order valence-corrected chi connectivity index (χ1v) is 7.01. The van der Waals surface area contributed by atoms with Gasteiger partial charge in [0.25, 0.3) is 4.92 Å².